The summed E-state index contributed by atoms with van der Waals surface area (Å²) in [5.41, 5.74) is 0. The van der Waals surface area contributed by atoms with Gasteiger partial charge in [0.1, 0.15) is 13.2 Å². The molecule has 0 aliphatic heterocycles. The van der Waals surface area contributed by atoms with E-state index < -0.39 is 24.1 Å². The van der Waals surface area contributed by atoms with Gasteiger partial charge in [0.05, 0.1) is 0 Å². The van der Waals surface area contributed by atoms with Gasteiger partial charge in [-0.3, -0.25) is 0 Å². The fourth-order valence-corrected chi connectivity index (χ4v) is 0.839. The lowest BCUT2D eigenvalue weighted by Crippen LogP contribution is -2.24. The molecule has 0 heterocycles. The number of carbonyl (C=O) groups excluding carboxylic acids is 1. The number of rotatable bonds is 7. The Morgan fingerprint density at radius 2 is 2.00 bits per heavy atom. The summed E-state index contributed by atoms with van der Waals surface area (Å²) in [6.45, 7) is 0.373. The van der Waals surface area contributed by atoms with Crippen LogP contribution in [0.1, 0.15) is 0 Å². The minimum atomic E-state index is -1.06. The third-order valence-corrected chi connectivity index (χ3v) is 1.64. The van der Waals surface area contributed by atoms with Gasteiger partial charge in [-0.05, 0) is 0 Å². The van der Waals surface area contributed by atoms with Gasteiger partial charge in [-0.2, -0.15) is 12.6 Å². The topological polar surface area (TPSA) is 99.0 Å². The van der Waals surface area contributed by atoms with Gasteiger partial charge in [0.15, 0.2) is 5.76 Å². The van der Waals surface area contributed by atoms with E-state index in [1.165, 1.54) is 0 Å². The Kier molecular flexibility index (Phi) is 7.88. The smallest absolute Gasteiger partial charge is 0.377 e. The number of esters is 1. The Morgan fingerprint density at radius 3 is 2.53 bits per heavy atom. The first-order valence-electron chi connectivity index (χ1n) is 4.34. The average Bonchev–Trinajstić information content (AvgIpc) is 2.26. The first-order valence-corrected chi connectivity index (χ1v) is 4.97. The molecule has 0 bridgehead atoms. The first kappa shape index (κ1) is 14.1. The highest BCUT2D eigenvalue weighted by Crippen LogP contribution is 1.98. The summed E-state index contributed by atoms with van der Waals surface area (Å²) in [6, 6.07) is 0. The number of carbonyl (C=O) groups is 1. The van der Waals surface area contributed by atoms with Crippen molar-refractivity contribution in [1.82, 2.24) is 5.32 Å². The van der Waals surface area contributed by atoms with E-state index in [-0.39, 0.29) is 6.61 Å². The molecule has 0 saturated carbocycles. The van der Waals surface area contributed by atoms with E-state index >= 15 is 0 Å². The van der Waals surface area contributed by atoms with Crippen LogP contribution in [-0.2, 0) is 9.53 Å². The number of hydrogen-bond acceptors (Lipinski definition) is 7. The maximum Gasteiger partial charge on any atom is 0.377 e. The monoisotopic (exact) mass is 237 g/mol. The number of aliphatic hydroxyl groups excluding tert-OH is 3. The van der Waals surface area contributed by atoms with Gasteiger partial charge in [0.2, 0.25) is 5.76 Å². The highest BCUT2D eigenvalue weighted by Gasteiger charge is 2.14. The molecular formula is C8H15NO5S. The normalized spacial score (nSPS) is 12.1. The number of nitrogens with one attached hydrogen (secondary N) is 1. The number of hydrogen-bond donors (Lipinski definition) is 5. The SMILES string of the molecule is O=C(OCCNCCS)/C(O)=C(/O)CO. The van der Waals surface area contributed by atoms with E-state index in [9.17, 15) is 4.79 Å². The molecule has 0 spiro atoms. The zero-order valence-electron chi connectivity index (χ0n) is 8.14. The molecule has 0 aromatic rings. The van der Waals surface area contributed by atoms with Crippen molar-refractivity contribution in [2.75, 3.05) is 32.1 Å². The summed E-state index contributed by atoms with van der Waals surface area (Å²) in [6.07, 6.45) is 0. The molecule has 0 amide bonds. The van der Waals surface area contributed by atoms with Crippen LogP contribution in [0, 0.1) is 0 Å². The maximum atomic E-state index is 10.9. The summed E-state index contributed by atoms with van der Waals surface area (Å²) >= 11 is 3.96. The second-order valence-electron chi connectivity index (χ2n) is 2.56. The maximum absolute atomic E-state index is 10.9. The summed E-state index contributed by atoms with van der Waals surface area (Å²) in [5, 5.41) is 29.1. The molecule has 0 rings (SSSR count). The predicted octanol–water partition coefficient (Wildman–Crippen LogP) is -0.631. The van der Waals surface area contributed by atoms with Gasteiger partial charge in [-0.1, -0.05) is 0 Å². The van der Waals surface area contributed by atoms with Gasteiger partial charge in [-0.25, -0.2) is 4.79 Å². The fourth-order valence-electron chi connectivity index (χ4n) is 0.681. The van der Waals surface area contributed by atoms with Crippen LogP contribution in [-0.4, -0.2) is 53.3 Å². The van der Waals surface area contributed by atoms with Crippen LogP contribution in [0.5, 0.6) is 0 Å². The summed E-state index contributed by atoms with van der Waals surface area (Å²) in [4.78, 5) is 10.9. The highest BCUT2D eigenvalue weighted by atomic mass is 32.1. The lowest BCUT2D eigenvalue weighted by molar-refractivity contribution is -0.142. The molecule has 0 aromatic carbocycles. The van der Waals surface area contributed by atoms with Crippen molar-refractivity contribution in [2.45, 2.75) is 0 Å². The van der Waals surface area contributed by atoms with Gasteiger partial charge >= 0.3 is 5.97 Å². The summed E-state index contributed by atoms with van der Waals surface area (Å²) < 4.78 is 4.57. The van der Waals surface area contributed by atoms with E-state index in [0.717, 1.165) is 0 Å². The van der Waals surface area contributed by atoms with Gasteiger partial charge in [0.25, 0.3) is 0 Å². The van der Waals surface area contributed by atoms with Crippen molar-refractivity contribution in [3.63, 3.8) is 0 Å². The fraction of sp³-hybridized carbons (Fsp3) is 0.625. The van der Waals surface area contributed by atoms with E-state index in [4.69, 9.17) is 15.3 Å². The lowest BCUT2D eigenvalue weighted by Gasteiger charge is -2.05. The van der Waals surface area contributed by atoms with Crippen molar-refractivity contribution in [3.8, 4) is 0 Å². The zero-order valence-corrected chi connectivity index (χ0v) is 9.04. The molecule has 0 aliphatic carbocycles. The van der Waals surface area contributed by atoms with Gasteiger partial charge < -0.3 is 25.4 Å². The molecule has 4 N–H and O–H groups in total. The highest BCUT2D eigenvalue weighted by molar-refractivity contribution is 7.80. The van der Waals surface area contributed by atoms with Crippen LogP contribution in [0.25, 0.3) is 0 Å². The standard InChI is InChI=1S/C8H15NO5S/c10-5-6(11)7(12)8(13)14-3-1-9-2-4-15/h9-12,15H,1-5H2/b7-6-. The van der Waals surface area contributed by atoms with Crippen LogP contribution in [0.4, 0.5) is 0 Å². The van der Waals surface area contributed by atoms with Crippen molar-refractivity contribution in [1.29, 1.82) is 0 Å². The largest absolute Gasteiger partial charge is 0.506 e. The van der Waals surface area contributed by atoms with E-state index in [1.807, 2.05) is 0 Å². The molecule has 7 heteroatoms. The van der Waals surface area contributed by atoms with Crippen LogP contribution in [0.3, 0.4) is 0 Å². The Labute approximate surface area is 93.0 Å². The predicted molar refractivity (Wildman–Crippen MR) is 57.1 cm³/mol. The van der Waals surface area contributed by atoms with Crippen molar-refractivity contribution in [2.24, 2.45) is 0 Å². The van der Waals surface area contributed by atoms with Crippen LogP contribution >= 0.6 is 12.6 Å². The molecule has 6 nitrogen and oxygen atoms in total. The second-order valence-corrected chi connectivity index (χ2v) is 3.01. The van der Waals surface area contributed by atoms with E-state index in [1.54, 1.807) is 0 Å². The third kappa shape index (κ3) is 6.21. The molecule has 0 radical (unpaired) electrons. The van der Waals surface area contributed by atoms with Gasteiger partial charge in [0, 0.05) is 18.8 Å². The zero-order chi connectivity index (χ0) is 11.7. The molecule has 0 unspecified atom stereocenters. The quantitative estimate of drug-likeness (QED) is 0.133. The molecule has 0 atom stereocenters. The van der Waals surface area contributed by atoms with E-state index in [2.05, 4.69) is 22.7 Å². The average molecular weight is 237 g/mol. The number of aliphatic hydroxyl groups is 3. The number of thiol groups is 1. The van der Waals surface area contributed by atoms with Gasteiger partial charge in [-0.15, -0.1) is 0 Å². The molecule has 0 saturated heterocycles. The van der Waals surface area contributed by atoms with E-state index in [0.29, 0.717) is 18.8 Å². The minimum absolute atomic E-state index is 0.0649. The Hall–Kier alpha value is -0.920. The Bertz CT molecular complexity index is 231. The third-order valence-electron chi connectivity index (χ3n) is 1.42. The summed E-state index contributed by atoms with van der Waals surface area (Å²) in [7, 11) is 0. The van der Waals surface area contributed by atoms with Crippen molar-refractivity contribution < 1.29 is 24.9 Å². The molecule has 0 aromatic heterocycles. The minimum Gasteiger partial charge on any atom is -0.506 e. The molecule has 15 heavy (non-hydrogen) atoms. The van der Waals surface area contributed by atoms with Crippen LogP contribution in [0.15, 0.2) is 11.5 Å². The molecule has 0 aliphatic rings. The Balaban J connectivity index is 3.75. The van der Waals surface area contributed by atoms with Crippen LogP contribution in [0.2, 0.25) is 0 Å². The van der Waals surface area contributed by atoms with Crippen LogP contribution < -0.4 is 5.32 Å². The summed E-state index contributed by atoms with van der Waals surface area (Å²) in [5.74, 6) is -2.16. The molecular weight excluding hydrogens is 222 g/mol. The van der Waals surface area contributed by atoms with Crippen molar-refractivity contribution in [3.05, 3.63) is 11.5 Å². The van der Waals surface area contributed by atoms with Crippen molar-refractivity contribution >= 4 is 18.6 Å². The molecule has 88 valence electrons. The second kappa shape index (κ2) is 8.39. The molecule has 0 fully saturated rings. The first-order chi connectivity index (χ1) is 7.13. The number of ether oxygens (including phenoxy) is 1. The Morgan fingerprint density at radius 1 is 1.33 bits per heavy atom. The lowest BCUT2D eigenvalue weighted by atomic mass is 10.4.